The molecule has 0 aliphatic rings. The second-order valence-electron chi connectivity index (χ2n) is 5.79. The number of nitrogens with zero attached hydrogens (tertiary/aromatic N) is 1. The van der Waals surface area contributed by atoms with Gasteiger partial charge >= 0.3 is 0 Å². The Hall–Kier alpha value is -0.430. The van der Waals surface area contributed by atoms with Crippen LogP contribution in [0.15, 0.2) is 27.6 Å². The van der Waals surface area contributed by atoms with Crippen LogP contribution >= 0.6 is 15.9 Å². The van der Waals surface area contributed by atoms with Crippen molar-refractivity contribution in [3.8, 4) is 0 Å². The van der Waals surface area contributed by atoms with E-state index in [0.29, 0.717) is 21.8 Å². The first-order chi connectivity index (χ1) is 9.70. The van der Waals surface area contributed by atoms with Crippen molar-refractivity contribution in [3.63, 3.8) is 0 Å². The maximum absolute atomic E-state index is 12.8. The van der Waals surface area contributed by atoms with Gasteiger partial charge in [-0.05, 0) is 59.9 Å². The standard InChI is InChI=1S/C15H25BrN2O2S/c1-11(2)8-12(3)18(5)21(19,20)15-9-13(10-17-4)6-7-14(15)16/h6-7,9,11-12,17H,8,10H2,1-5H3. The van der Waals surface area contributed by atoms with Crippen molar-refractivity contribution >= 4 is 26.0 Å². The lowest BCUT2D eigenvalue weighted by molar-refractivity contribution is 0.337. The van der Waals surface area contributed by atoms with Gasteiger partial charge in [0.05, 0.1) is 4.90 Å². The van der Waals surface area contributed by atoms with Gasteiger partial charge in [0.25, 0.3) is 0 Å². The molecule has 6 heteroatoms. The largest absolute Gasteiger partial charge is 0.316 e. The lowest BCUT2D eigenvalue weighted by atomic mass is 10.1. The number of hydrogen-bond donors (Lipinski definition) is 1. The van der Waals surface area contributed by atoms with Gasteiger partial charge < -0.3 is 5.32 Å². The van der Waals surface area contributed by atoms with Crippen molar-refractivity contribution < 1.29 is 8.42 Å². The number of benzene rings is 1. The molecule has 0 spiro atoms. The van der Waals surface area contributed by atoms with E-state index in [-0.39, 0.29) is 6.04 Å². The van der Waals surface area contributed by atoms with Gasteiger partial charge in [0.1, 0.15) is 0 Å². The average Bonchev–Trinajstić information content (AvgIpc) is 2.39. The van der Waals surface area contributed by atoms with Crippen molar-refractivity contribution in [1.29, 1.82) is 0 Å². The summed E-state index contributed by atoms with van der Waals surface area (Å²) in [4.78, 5) is 0.327. The second-order valence-corrected chi connectivity index (χ2v) is 8.62. The predicted molar refractivity (Wildman–Crippen MR) is 90.8 cm³/mol. The molecule has 0 aliphatic heterocycles. The van der Waals surface area contributed by atoms with Crippen LogP contribution in [0.3, 0.4) is 0 Å². The molecule has 0 heterocycles. The first kappa shape index (κ1) is 18.6. The Morgan fingerprint density at radius 1 is 1.29 bits per heavy atom. The van der Waals surface area contributed by atoms with Gasteiger partial charge in [-0.25, -0.2) is 8.42 Å². The Morgan fingerprint density at radius 2 is 1.90 bits per heavy atom. The second kappa shape index (κ2) is 7.72. The normalized spacial score (nSPS) is 13.9. The summed E-state index contributed by atoms with van der Waals surface area (Å²) in [5.41, 5.74) is 0.948. The van der Waals surface area contributed by atoms with E-state index in [1.807, 2.05) is 20.0 Å². The van der Waals surface area contributed by atoms with E-state index >= 15 is 0 Å². The van der Waals surface area contributed by atoms with Gasteiger partial charge in [0.2, 0.25) is 10.0 Å². The number of rotatable bonds is 7. The van der Waals surface area contributed by atoms with Crippen LogP contribution in [0, 0.1) is 5.92 Å². The molecule has 0 saturated heterocycles. The van der Waals surface area contributed by atoms with E-state index in [1.54, 1.807) is 19.2 Å². The summed E-state index contributed by atoms with van der Waals surface area (Å²) in [7, 11) is -0.00397. The van der Waals surface area contributed by atoms with Gasteiger partial charge in [0, 0.05) is 24.1 Å². The van der Waals surface area contributed by atoms with Crippen molar-refractivity contribution in [2.24, 2.45) is 5.92 Å². The Labute approximate surface area is 137 Å². The minimum absolute atomic E-state index is 0.0325. The fourth-order valence-corrected chi connectivity index (χ4v) is 4.63. The Balaban J connectivity index is 3.14. The molecule has 1 aromatic rings. The molecule has 0 saturated carbocycles. The van der Waals surface area contributed by atoms with Crippen LogP contribution in [-0.4, -0.2) is 32.9 Å². The van der Waals surface area contributed by atoms with E-state index in [4.69, 9.17) is 0 Å². The zero-order valence-corrected chi connectivity index (χ0v) is 15.8. The highest BCUT2D eigenvalue weighted by Crippen LogP contribution is 2.27. The zero-order chi connectivity index (χ0) is 16.2. The minimum Gasteiger partial charge on any atom is -0.316 e. The Kier molecular flexibility index (Phi) is 6.84. The van der Waals surface area contributed by atoms with Crippen LogP contribution in [0.4, 0.5) is 0 Å². The molecule has 0 fully saturated rings. The molecule has 0 bridgehead atoms. The summed E-state index contributed by atoms with van der Waals surface area (Å²) < 4.78 is 27.7. The predicted octanol–water partition coefficient (Wildman–Crippen LogP) is 3.22. The molecule has 1 aromatic carbocycles. The summed E-state index contributed by atoms with van der Waals surface area (Å²) >= 11 is 3.36. The summed E-state index contributed by atoms with van der Waals surface area (Å²) in [5.74, 6) is 0.455. The topological polar surface area (TPSA) is 49.4 Å². The highest BCUT2D eigenvalue weighted by molar-refractivity contribution is 9.10. The quantitative estimate of drug-likeness (QED) is 0.794. The molecule has 0 aromatic heterocycles. The van der Waals surface area contributed by atoms with Crippen molar-refractivity contribution in [3.05, 3.63) is 28.2 Å². The first-order valence-corrected chi connectivity index (χ1v) is 9.34. The molecular formula is C15H25BrN2O2S. The van der Waals surface area contributed by atoms with E-state index < -0.39 is 10.0 Å². The highest BCUT2D eigenvalue weighted by atomic mass is 79.9. The van der Waals surface area contributed by atoms with Crippen LogP contribution in [0.1, 0.15) is 32.8 Å². The van der Waals surface area contributed by atoms with Crippen molar-refractivity contribution in [2.45, 2.75) is 44.7 Å². The van der Waals surface area contributed by atoms with Crippen molar-refractivity contribution in [2.75, 3.05) is 14.1 Å². The van der Waals surface area contributed by atoms with Crippen LogP contribution in [-0.2, 0) is 16.6 Å². The third-order valence-electron chi connectivity index (χ3n) is 3.47. The van der Waals surface area contributed by atoms with Gasteiger partial charge in [-0.3, -0.25) is 0 Å². The van der Waals surface area contributed by atoms with Gasteiger partial charge in [-0.2, -0.15) is 4.31 Å². The maximum Gasteiger partial charge on any atom is 0.244 e. The first-order valence-electron chi connectivity index (χ1n) is 7.11. The zero-order valence-electron chi connectivity index (χ0n) is 13.4. The fraction of sp³-hybridized carbons (Fsp3) is 0.600. The minimum atomic E-state index is -3.50. The summed E-state index contributed by atoms with van der Waals surface area (Å²) in [5, 5.41) is 3.04. The molecule has 1 rings (SSSR count). The van der Waals surface area contributed by atoms with Gasteiger partial charge in [-0.1, -0.05) is 19.9 Å². The summed E-state index contributed by atoms with van der Waals surface area (Å²) in [6.07, 6.45) is 0.837. The molecule has 0 aliphatic carbocycles. The third kappa shape index (κ3) is 4.77. The van der Waals surface area contributed by atoms with Crippen LogP contribution < -0.4 is 5.32 Å². The van der Waals surface area contributed by atoms with E-state index in [2.05, 4.69) is 35.1 Å². The lowest BCUT2D eigenvalue weighted by Gasteiger charge is -2.26. The maximum atomic E-state index is 12.8. The van der Waals surface area contributed by atoms with E-state index in [1.165, 1.54) is 4.31 Å². The number of nitrogens with one attached hydrogen (secondary N) is 1. The summed E-state index contributed by atoms with van der Waals surface area (Å²) in [6, 6.07) is 5.40. The molecule has 21 heavy (non-hydrogen) atoms. The Morgan fingerprint density at radius 3 is 2.43 bits per heavy atom. The SMILES string of the molecule is CNCc1ccc(Br)c(S(=O)(=O)N(C)C(C)CC(C)C)c1. The van der Waals surface area contributed by atoms with Gasteiger partial charge in [0.15, 0.2) is 0 Å². The van der Waals surface area contributed by atoms with Crippen LogP contribution in [0.2, 0.25) is 0 Å². The molecule has 1 atom stereocenters. The molecule has 4 nitrogen and oxygen atoms in total. The lowest BCUT2D eigenvalue weighted by Crippen LogP contribution is -2.36. The number of halogens is 1. The van der Waals surface area contributed by atoms with E-state index in [9.17, 15) is 8.42 Å². The van der Waals surface area contributed by atoms with E-state index in [0.717, 1.165) is 12.0 Å². The fourth-order valence-electron chi connectivity index (χ4n) is 2.28. The number of sulfonamides is 1. The molecule has 0 radical (unpaired) electrons. The molecule has 120 valence electrons. The average molecular weight is 377 g/mol. The third-order valence-corrected chi connectivity index (χ3v) is 6.43. The smallest absolute Gasteiger partial charge is 0.244 e. The number of hydrogen-bond acceptors (Lipinski definition) is 3. The molecule has 1 N–H and O–H groups in total. The molecule has 0 amide bonds. The highest BCUT2D eigenvalue weighted by Gasteiger charge is 2.27. The monoisotopic (exact) mass is 376 g/mol. The van der Waals surface area contributed by atoms with Gasteiger partial charge in [-0.15, -0.1) is 0 Å². The summed E-state index contributed by atoms with van der Waals surface area (Å²) in [6.45, 7) is 6.78. The van der Waals surface area contributed by atoms with Crippen LogP contribution in [0.25, 0.3) is 0 Å². The molecular weight excluding hydrogens is 352 g/mol. The molecule has 1 unspecified atom stereocenters. The Bertz CT molecular complexity index is 573. The van der Waals surface area contributed by atoms with Crippen molar-refractivity contribution in [1.82, 2.24) is 9.62 Å². The van der Waals surface area contributed by atoms with Crippen LogP contribution in [0.5, 0.6) is 0 Å².